The van der Waals surface area contributed by atoms with Crippen molar-refractivity contribution >= 4 is 45.1 Å². The van der Waals surface area contributed by atoms with Crippen molar-refractivity contribution in [3.63, 3.8) is 0 Å². The van der Waals surface area contributed by atoms with Crippen LogP contribution in [0.2, 0.25) is 0 Å². The molecule has 1 aliphatic heterocycles. The molecule has 0 saturated carbocycles. The number of hydrogen-bond donors (Lipinski definition) is 4. The van der Waals surface area contributed by atoms with Crippen molar-refractivity contribution in [2.75, 3.05) is 35.7 Å². The van der Waals surface area contributed by atoms with E-state index >= 15 is 0 Å². The van der Waals surface area contributed by atoms with E-state index in [4.69, 9.17) is 10.7 Å². The highest BCUT2D eigenvalue weighted by atomic mass is 19.1. The van der Waals surface area contributed by atoms with E-state index < -0.39 is 0 Å². The molecule has 0 aliphatic carbocycles. The van der Waals surface area contributed by atoms with Crippen molar-refractivity contribution in [1.82, 2.24) is 24.9 Å². The molecule has 1 aromatic carbocycles. The quantitative estimate of drug-likeness (QED) is 0.366. The van der Waals surface area contributed by atoms with Crippen LogP contribution in [0.5, 0.6) is 0 Å². The predicted octanol–water partition coefficient (Wildman–Crippen LogP) is 4.21. The summed E-state index contributed by atoms with van der Waals surface area (Å²) >= 11 is 0. The maximum atomic E-state index is 14.4. The maximum Gasteiger partial charge on any atom is 0.231 e. The molecule has 0 unspecified atom stereocenters. The molecule has 0 spiro atoms. The summed E-state index contributed by atoms with van der Waals surface area (Å²) in [6.45, 7) is 7.15. The summed E-state index contributed by atoms with van der Waals surface area (Å²) < 4.78 is 14.4. The zero-order valence-electron chi connectivity index (χ0n) is 19.2. The topological polar surface area (TPSA) is 121 Å². The van der Waals surface area contributed by atoms with Crippen molar-refractivity contribution in [3.8, 4) is 0 Å². The molecular formula is C23H28FN9. The van der Waals surface area contributed by atoms with Gasteiger partial charge in [-0.15, -0.1) is 0 Å². The molecule has 4 aromatic rings. The second-order valence-corrected chi connectivity index (χ2v) is 7.46. The van der Waals surface area contributed by atoms with Gasteiger partial charge >= 0.3 is 0 Å². The van der Waals surface area contributed by atoms with Crippen LogP contribution in [0.3, 0.4) is 0 Å². The molecular weight excluding hydrogens is 421 g/mol. The molecule has 0 saturated heterocycles. The number of hydrogen-bond acceptors (Lipinski definition) is 8. The summed E-state index contributed by atoms with van der Waals surface area (Å²) in [5, 5.41) is 7.71. The second-order valence-electron chi connectivity index (χ2n) is 7.46. The molecule has 10 heteroatoms. The van der Waals surface area contributed by atoms with E-state index in [1.54, 1.807) is 19.4 Å². The lowest BCUT2D eigenvalue weighted by atomic mass is 10.1. The molecule has 0 atom stereocenters. The first kappa shape index (κ1) is 22.3. The lowest BCUT2D eigenvalue weighted by molar-refractivity contribution is 0.630. The first-order chi connectivity index (χ1) is 16.0. The van der Waals surface area contributed by atoms with Crippen molar-refractivity contribution in [2.45, 2.75) is 27.2 Å². The van der Waals surface area contributed by atoms with Crippen LogP contribution in [-0.2, 0) is 0 Å². The number of benzene rings is 1. The molecule has 9 nitrogen and oxygen atoms in total. The molecule has 0 fully saturated rings. The van der Waals surface area contributed by atoms with E-state index in [1.165, 1.54) is 12.1 Å². The normalized spacial score (nSPS) is 13.5. The van der Waals surface area contributed by atoms with Gasteiger partial charge < -0.3 is 26.3 Å². The summed E-state index contributed by atoms with van der Waals surface area (Å²) in [7, 11) is 1.76. The van der Waals surface area contributed by atoms with Crippen LogP contribution in [0.25, 0.3) is 21.9 Å². The number of aromatic amines is 1. The SMILES string of the molecule is CC.CNc1cc(F)cc2c1[nH]c1nc(Nc3cnc(C)nc3)nc(N3CC=C(N)CC3)c12. The highest BCUT2D eigenvalue weighted by molar-refractivity contribution is 6.14. The monoisotopic (exact) mass is 449 g/mol. The third kappa shape index (κ3) is 4.36. The third-order valence-corrected chi connectivity index (χ3v) is 5.36. The molecule has 5 N–H and O–H groups in total. The van der Waals surface area contributed by atoms with E-state index in [9.17, 15) is 4.39 Å². The van der Waals surface area contributed by atoms with Gasteiger partial charge in [0, 0.05) is 37.6 Å². The number of H-pyrrole nitrogens is 1. The Labute approximate surface area is 191 Å². The van der Waals surface area contributed by atoms with Gasteiger partial charge in [-0.25, -0.2) is 14.4 Å². The fourth-order valence-corrected chi connectivity index (χ4v) is 3.79. The van der Waals surface area contributed by atoms with Crippen molar-refractivity contribution < 1.29 is 4.39 Å². The lowest BCUT2D eigenvalue weighted by Crippen LogP contribution is -2.31. The van der Waals surface area contributed by atoms with Gasteiger partial charge in [0.2, 0.25) is 5.95 Å². The Morgan fingerprint density at radius 2 is 1.91 bits per heavy atom. The third-order valence-electron chi connectivity index (χ3n) is 5.36. The lowest BCUT2D eigenvalue weighted by Gasteiger charge is -2.27. The fraction of sp³-hybridized carbons (Fsp3) is 0.304. The van der Waals surface area contributed by atoms with Gasteiger partial charge in [0.25, 0.3) is 0 Å². The van der Waals surface area contributed by atoms with Gasteiger partial charge in [-0.2, -0.15) is 9.97 Å². The average molecular weight is 450 g/mol. The number of nitrogens with one attached hydrogen (secondary N) is 3. The molecule has 3 aromatic heterocycles. The molecule has 0 bridgehead atoms. The summed E-state index contributed by atoms with van der Waals surface area (Å²) in [6.07, 6.45) is 6.07. The number of nitrogens with two attached hydrogens (primary N) is 1. The van der Waals surface area contributed by atoms with Crippen LogP contribution >= 0.6 is 0 Å². The smallest absolute Gasteiger partial charge is 0.231 e. The number of anilines is 4. The fourth-order valence-electron chi connectivity index (χ4n) is 3.79. The van der Waals surface area contributed by atoms with Crippen LogP contribution in [0.15, 0.2) is 36.3 Å². The number of aryl methyl sites for hydroxylation is 1. The summed E-state index contributed by atoms with van der Waals surface area (Å²) in [5.74, 6) is 1.46. The number of nitrogens with zero attached hydrogens (tertiary/aromatic N) is 5. The molecule has 1 aliphatic rings. The van der Waals surface area contributed by atoms with E-state index in [-0.39, 0.29) is 5.82 Å². The molecule has 33 heavy (non-hydrogen) atoms. The van der Waals surface area contributed by atoms with Gasteiger partial charge in [-0.05, 0) is 25.1 Å². The van der Waals surface area contributed by atoms with Crippen molar-refractivity contribution in [3.05, 3.63) is 47.9 Å². The van der Waals surface area contributed by atoms with E-state index in [1.807, 2.05) is 26.8 Å². The number of fused-ring (bicyclic) bond motifs is 3. The minimum Gasteiger partial charge on any atom is -0.402 e. The minimum atomic E-state index is -0.328. The standard InChI is InChI=1S/C21H22FN9.C2H6/c1-11-25-9-14(10-26-11)27-21-29-19-17(20(30-21)31-5-3-13(23)4-6-31)15-7-12(22)8-16(24-2)18(15)28-19;1-2/h3,7-10,24H,4-6,23H2,1-2H3,(H2,27,28,29,30);1-2H3. The summed E-state index contributed by atoms with van der Waals surface area (Å²) in [6, 6.07) is 2.97. The van der Waals surface area contributed by atoms with E-state index in [0.29, 0.717) is 47.7 Å². The van der Waals surface area contributed by atoms with Gasteiger partial charge in [-0.1, -0.05) is 13.8 Å². The Balaban J connectivity index is 0.00000126. The summed E-state index contributed by atoms with van der Waals surface area (Å²) in [4.78, 5) is 23.3. The Hall–Kier alpha value is -3.95. The van der Waals surface area contributed by atoms with Gasteiger partial charge in [0.15, 0.2) is 0 Å². The van der Waals surface area contributed by atoms with Crippen LogP contribution in [0.4, 0.5) is 27.5 Å². The highest BCUT2D eigenvalue weighted by Crippen LogP contribution is 2.37. The zero-order valence-corrected chi connectivity index (χ0v) is 19.2. The first-order valence-electron chi connectivity index (χ1n) is 11.0. The Kier molecular flexibility index (Phi) is 6.25. The first-order valence-corrected chi connectivity index (χ1v) is 11.0. The summed E-state index contributed by atoms with van der Waals surface area (Å²) in [5.41, 5.74) is 9.55. The zero-order chi connectivity index (χ0) is 23.5. The number of halogens is 1. The Bertz CT molecular complexity index is 1310. The van der Waals surface area contributed by atoms with Crippen LogP contribution in [-0.4, -0.2) is 45.1 Å². The maximum absolute atomic E-state index is 14.4. The number of aromatic nitrogens is 5. The molecule has 0 amide bonds. The van der Waals surface area contributed by atoms with Crippen molar-refractivity contribution in [2.24, 2.45) is 5.73 Å². The van der Waals surface area contributed by atoms with E-state index in [0.717, 1.165) is 28.4 Å². The number of rotatable bonds is 4. The molecule has 4 heterocycles. The van der Waals surface area contributed by atoms with Gasteiger partial charge in [0.05, 0.1) is 34.7 Å². The Morgan fingerprint density at radius 1 is 1.15 bits per heavy atom. The van der Waals surface area contributed by atoms with Crippen molar-refractivity contribution in [1.29, 1.82) is 0 Å². The van der Waals surface area contributed by atoms with Crippen LogP contribution in [0, 0.1) is 12.7 Å². The largest absolute Gasteiger partial charge is 0.402 e. The highest BCUT2D eigenvalue weighted by Gasteiger charge is 2.22. The van der Waals surface area contributed by atoms with Gasteiger partial charge in [0.1, 0.15) is 23.1 Å². The van der Waals surface area contributed by atoms with Gasteiger partial charge in [-0.3, -0.25) is 0 Å². The van der Waals surface area contributed by atoms with Crippen LogP contribution < -0.4 is 21.3 Å². The molecule has 0 radical (unpaired) electrons. The average Bonchev–Trinajstić information content (AvgIpc) is 3.19. The molecule has 172 valence electrons. The molecule has 5 rings (SSSR count). The van der Waals surface area contributed by atoms with E-state index in [2.05, 4.69) is 35.5 Å². The predicted molar refractivity (Wildman–Crippen MR) is 131 cm³/mol. The minimum absolute atomic E-state index is 0.328. The van der Waals surface area contributed by atoms with Crippen LogP contribution in [0.1, 0.15) is 26.1 Å². The second kappa shape index (κ2) is 9.27. The Morgan fingerprint density at radius 3 is 2.58 bits per heavy atom.